The van der Waals surface area contributed by atoms with Gasteiger partial charge < -0.3 is 15.7 Å². The summed E-state index contributed by atoms with van der Waals surface area (Å²) in [5.74, 6) is 1.97. The number of aromatic hydroxyl groups is 1. The van der Waals surface area contributed by atoms with Crippen LogP contribution in [0, 0.1) is 0 Å². The maximum Gasteiger partial charge on any atom is 0.315 e. The first-order valence-electron chi connectivity index (χ1n) is 8.91. The second kappa shape index (κ2) is 8.00. The zero-order valence-corrected chi connectivity index (χ0v) is 14.5. The van der Waals surface area contributed by atoms with E-state index in [-0.39, 0.29) is 17.8 Å². The molecule has 1 aromatic heterocycles. The number of aryl methyl sites for hydroxylation is 3. The molecule has 2 aromatic rings. The largest absolute Gasteiger partial charge is 0.508 e. The third-order valence-electron chi connectivity index (χ3n) is 4.40. The van der Waals surface area contributed by atoms with Crippen LogP contribution < -0.4 is 10.6 Å². The van der Waals surface area contributed by atoms with Gasteiger partial charge in [0, 0.05) is 19.5 Å². The fourth-order valence-corrected chi connectivity index (χ4v) is 3.05. The Labute approximate surface area is 147 Å². The second-order valence-electron chi connectivity index (χ2n) is 6.33. The first kappa shape index (κ1) is 17.3. The van der Waals surface area contributed by atoms with Crippen molar-refractivity contribution in [3.05, 3.63) is 41.5 Å². The van der Waals surface area contributed by atoms with Gasteiger partial charge >= 0.3 is 6.03 Å². The van der Waals surface area contributed by atoms with Crippen molar-refractivity contribution in [3.63, 3.8) is 0 Å². The molecule has 0 saturated carbocycles. The van der Waals surface area contributed by atoms with Crippen LogP contribution in [-0.2, 0) is 19.4 Å². The van der Waals surface area contributed by atoms with Crippen LogP contribution in [0.5, 0.6) is 5.75 Å². The van der Waals surface area contributed by atoms with Crippen molar-refractivity contribution in [2.45, 2.75) is 51.6 Å². The highest BCUT2D eigenvalue weighted by Gasteiger charge is 2.25. The lowest BCUT2D eigenvalue weighted by molar-refractivity contribution is 0.232. The summed E-state index contributed by atoms with van der Waals surface area (Å²) in [4.78, 5) is 16.7. The molecule has 0 saturated heterocycles. The van der Waals surface area contributed by atoms with Crippen LogP contribution in [0.3, 0.4) is 0 Å². The molecular weight excluding hydrogens is 318 g/mol. The van der Waals surface area contributed by atoms with E-state index in [0.29, 0.717) is 6.54 Å². The molecule has 2 amide bonds. The fourth-order valence-electron chi connectivity index (χ4n) is 3.05. The van der Waals surface area contributed by atoms with Gasteiger partial charge in [0.15, 0.2) is 5.82 Å². The van der Waals surface area contributed by atoms with Crippen LogP contribution in [0.25, 0.3) is 0 Å². The highest BCUT2D eigenvalue weighted by atomic mass is 16.3. The first-order valence-corrected chi connectivity index (χ1v) is 8.91. The lowest BCUT2D eigenvalue weighted by atomic mass is 10.1. The lowest BCUT2D eigenvalue weighted by Crippen LogP contribution is -2.40. The van der Waals surface area contributed by atoms with E-state index < -0.39 is 0 Å². The fraction of sp³-hybridized carbons (Fsp3) is 0.500. The molecule has 25 heavy (non-hydrogen) atoms. The topological polar surface area (TPSA) is 92.1 Å². The van der Waals surface area contributed by atoms with Crippen molar-refractivity contribution in [2.24, 2.45) is 0 Å². The maximum absolute atomic E-state index is 12.1. The normalized spacial score (nSPS) is 16.3. The Balaban J connectivity index is 1.44. The van der Waals surface area contributed by atoms with Gasteiger partial charge in [0.05, 0.1) is 6.04 Å². The lowest BCUT2D eigenvalue weighted by Gasteiger charge is -2.23. The quantitative estimate of drug-likeness (QED) is 0.702. The van der Waals surface area contributed by atoms with Gasteiger partial charge in [0.2, 0.25) is 0 Å². The van der Waals surface area contributed by atoms with Crippen LogP contribution in [0.1, 0.15) is 49.4 Å². The number of nitrogens with zero attached hydrogens (tertiary/aromatic N) is 3. The molecular formula is C18H25N5O2. The van der Waals surface area contributed by atoms with Crippen molar-refractivity contribution >= 4 is 6.03 Å². The molecule has 0 aliphatic carbocycles. The van der Waals surface area contributed by atoms with Crippen molar-refractivity contribution in [1.82, 2.24) is 25.4 Å². The van der Waals surface area contributed by atoms with E-state index in [1.165, 1.54) is 0 Å². The molecule has 1 aliphatic rings. The minimum absolute atomic E-state index is 0.0707. The number of amides is 2. The molecule has 7 nitrogen and oxygen atoms in total. The van der Waals surface area contributed by atoms with E-state index in [0.717, 1.165) is 55.9 Å². The number of phenols is 1. The standard InChI is InChI=1S/C18H25N5O2/c1-2-16-21-17-15(6-4-12-23(17)22-16)20-18(25)19-11-3-5-13-7-9-14(24)10-8-13/h7-10,15,24H,2-6,11-12H2,1H3,(H2,19,20,25). The van der Waals surface area contributed by atoms with E-state index in [4.69, 9.17) is 0 Å². The number of urea groups is 1. The number of rotatable bonds is 6. The molecule has 0 fully saturated rings. The SMILES string of the molecule is CCc1nc2n(n1)CCCC2NC(=O)NCCCc1ccc(O)cc1. The Morgan fingerprint density at radius 2 is 2.16 bits per heavy atom. The minimum atomic E-state index is -0.162. The predicted molar refractivity (Wildman–Crippen MR) is 94.3 cm³/mol. The van der Waals surface area contributed by atoms with E-state index >= 15 is 0 Å². The van der Waals surface area contributed by atoms with Gasteiger partial charge in [-0.2, -0.15) is 5.10 Å². The van der Waals surface area contributed by atoms with Crippen molar-refractivity contribution < 1.29 is 9.90 Å². The third kappa shape index (κ3) is 4.49. The molecule has 1 unspecified atom stereocenters. The van der Waals surface area contributed by atoms with Gasteiger partial charge in [-0.3, -0.25) is 0 Å². The van der Waals surface area contributed by atoms with Crippen LogP contribution in [-0.4, -0.2) is 32.4 Å². The zero-order chi connectivity index (χ0) is 17.6. The second-order valence-corrected chi connectivity index (χ2v) is 6.33. The Hall–Kier alpha value is -2.57. The van der Waals surface area contributed by atoms with Crippen LogP contribution in [0.15, 0.2) is 24.3 Å². The molecule has 3 rings (SSSR count). The molecule has 0 spiro atoms. The van der Waals surface area contributed by atoms with Gasteiger partial charge in [0.25, 0.3) is 0 Å². The minimum Gasteiger partial charge on any atom is -0.508 e. The number of fused-ring (bicyclic) bond motifs is 1. The highest BCUT2D eigenvalue weighted by Crippen LogP contribution is 2.23. The molecule has 1 atom stereocenters. The number of nitrogens with one attached hydrogen (secondary N) is 2. The van der Waals surface area contributed by atoms with Crippen molar-refractivity contribution in [1.29, 1.82) is 0 Å². The predicted octanol–water partition coefficient (Wildman–Crippen LogP) is 2.31. The Kier molecular flexibility index (Phi) is 5.53. The molecule has 1 aromatic carbocycles. The molecule has 7 heteroatoms. The smallest absolute Gasteiger partial charge is 0.315 e. The molecule has 0 radical (unpaired) electrons. The monoisotopic (exact) mass is 343 g/mol. The molecule has 2 heterocycles. The average Bonchev–Trinajstić information content (AvgIpc) is 3.05. The van der Waals surface area contributed by atoms with E-state index in [2.05, 4.69) is 20.7 Å². The van der Waals surface area contributed by atoms with Crippen LogP contribution in [0.4, 0.5) is 4.79 Å². The summed E-state index contributed by atoms with van der Waals surface area (Å²) in [6, 6.07) is 6.92. The Morgan fingerprint density at radius 1 is 1.36 bits per heavy atom. The third-order valence-corrected chi connectivity index (χ3v) is 4.40. The highest BCUT2D eigenvalue weighted by molar-refractivity contribution is 5.74. The zero-order valence-electron chi connectivity index (χ0n) is 14.5. The Bertz CT molecular complexity index is 711. The molecule has 134 valence electrons. The number of hydrogen-bond donors (Lipinski definition) is 3. The Morgan fingerprint density at radius 3 is 2.92 bits per heavy atom. The summed E-state index contributed by atoms with van der Waals surface area (Å²) < 4.78 is 1.91. The van der Waals surface area contributed by atoms with Gasteiger partial charge in [-0.25, -0.2) is 14.5 Å². The molecule has 3 N–H and O–H groups in total. The van der Waals surface area contributed by atoms with E-state index in [9.17, 15) is 9.90 Å². The van der Waals surface area contributed by atoms with Gasteiger partial charge in [-0.05, 0) is 43.4 Å². The molecule has 0 bridgehead atoms. The summed E-state index contributed by atoms with van der Waals surface area (Å²) in [5, 5.41) is 19.6. The molecule has 1 aliphatic heterocycles. The summed E-state index contributed by atoms with van der Waals surface area (Å²) in [6.45, 7) is 3.51. The summed E-state index contributed by atoms with van der Waals surface area (Å²) >= 11 is 0. The maximum atomic E-state index is 12.1. The first-order chi connectivity index (χ1) is 12.2. The van der Waals surface area contributed by atoms with E-state index in [1.54, 1.807) is 12.1 Å². The van der Waals surface area contributed by atoms with Gasteiger partial charge in [0.1, 0.15) is 11.6 Å². The summed E-state index contributed by atoms with van der Waals surface area (Å²) in [7, 11) is 0. The summed E-state index contributed by atoms with van der Waals surface area (Å²) in [5.41, 5.74) is 1.15. The summed E-state index contributed by atoms with van der Waals surface area (Å²) in [6.07, 6.45) is 4.39. The van der Waals surface area contributed by atoms with Crippen LogP contribution in [0.2, 0.25) is 0 Å². The van der Waals surface area contributed by atoms with Gasteiger partial charge in [-0.1, -0.05) is 19.1 Å². The number of hydrogen-bond acceptors (Lipinski definition) is 4. The van der Waals surface area contributed by atoms with E-state index in [1.807, 2.05) is 23.7 Å². The number of aromatic nitrogens is 3. The van der Waals surface area contributed by atoms with Crippen LogP contribution >= 0.6 is 0 Å². The number of phenolic OH excluding ortho intramolecular Hbond substituents is 1. The van der Waals surface area contributed by atoms with Crippen molar-refractivity contribution in [2.75, 3.05) is 6.54 Å². The van der Waals surface area contributed by atoms with Gasteiger partial charge in [-0.15, -0.1) is 0 Å². The van der Waals surface area contributed by atoms with Crippen molar-refractivity contribution in [3.8, 4) is 5.75 Å². The number of carbonyl (C=O) groups is 1. The average molecular weight is 343 g/mol. The number of benzene rings is 1. The number of carbonyl (C=O) groups excluding carboxylic acids is 1.